The smallest absolute Gasteiger partial charge is 0.137 e. The third-order valence-electron chi connectivity index (χ3n) is 4.01. The lowest BCUT2D eigenvalue weighted by Crippen LogP contribution is -2.56. The fourth-order valence-electron chi connectivity index (χ4n) is 2.61. The molecule has 3 nitrogen and oxygen atoms in total. The number of halogens is 1. The number of rotatable bonds is 2. The van der Waals surface area contributed by atoms with Crippen molar-refractivity contribution in [3.63, 3.8) is 0 Å². The summed E-state index contributed by atoms with van der Waals surface area (Å²) >= 11 is 6.24. The van der Waals surface area contributed by atoms with Gasteiger partial charge in [0.05, 0.1) is 17.7 Å². The van der Waals surface area contributed by atoms with Crippen molar-refractivity contribution in [2.45, 2.75) is 12.5 Å². The molecule has 2 rings (SSSR count). The molecule has 0 spiro atoms. The van der Waals surface area contributed by atoms with E-state index in [2.05, 4.69) is 36.9 Å². The van der Waals surface area contributed by atoms with E-state index in [0.29, 0.717) is 5.02 Å². The van der Waals surface area contributed by atoms with E-state index >= 15 is 0 Å². The molecule has 0 bridgehead atoms. The molecule has 100 valence electrons. The lowest BCUT2D eigenvalue weighted by molar-refractivity contribution is 0.0379. The van der Waals surface area contributed by atoms with Crippen molar-refractivity contribution in [2.24, 2.45) is 0 Å². The zero-order chi connectivity index (χ0) is 13.3. The highest BCUT2D eigenvalue weighted by molar-refractivity contribution is 6.32. The molecule has 0 N–H and O–H groups in total. The highest BCUT2D eigenvalue weighted by Gasteiger charge is 2.36. The van der Waals surface area contributed by atoms with E-state index in [4.69, 9.17) is 16.3 Å². The second-order valence-electron chi connectivity index (χ2n) is 5.28. The average molecular weight is 269 g/mol. The summed E-state index contributed by atoms with van der Waals surface area (Å²) in [6.45, 7) is 5.44. The first-order chi connectivity index (χ1) is 8.47. The minimum atomic E-state index is 0.00289. The van der Waals surface area contributed by atoms with Gasteiger partial charge < -0.3 is 9.64 Å². The van der Waals surface area contributed by atoms with Crippen LogP contribution in [-0.4, -0.2) is 50.6 Å². The quantitative estimate of drug-likeness (QED) is 0.819. The van der Waals surface area contributed by atoms with Crippen LogP contribution in [0.15, 0.2) is 18.2 Å². The maximum atomic E-state index is 6.24. The second-order valence-corrected chi connectivity index (χ2v) is 5.69. The molecule has 1 aromatic rings. The topological polar surface area (TPSA) is 15.7 Å². The monoisotopic (exact) mass is 268 g/mol. The summed E-state index contributed by atoms with van der Waals surface area (Å²) in [6, 6.07) is 6.09. The molecule has 1 unspecified atom stereocenters. The minimum absolute atomic E-state index is 0.00289. The zero-order valence-electron chi connectivity index (χ0n) is 11.5. The van der Waals surface area contributed by atoms with Crippen LogP contribution in [0.25, 0.3) is 0 Å². The van der Waals surface area contributed by atoms with Crippen molar-refractivity contribution in [3.05, 3.63) is 28.8 Å². The van der Waals surface area contributed by atoms with Crippen molar-refractivity contribution in [2.75, 3.05) is 40.8 Å². The molecule has 0 aromatic heterocycles. The molecular formula is C14H21ClN2O. The Kier molecular flexibility index (Phi) is 3.85. The Morgan fingerprint density at radius 2 is 2.00 bits per heavy atom. The lowest BCUT2D eigenvalue weighted by atomic mass is 9.88. The number of hydrogen-bond donors (Lipinski definition) is 0. The molecule has 1 atom stereocenters. The van der Waals surface area contributed by atoms with Gasteiger partial charge in [-0.3, -0.25) is 4.90 Å². The molecule has 0 amide bonds. The van der Waals surface area contributed by atoms with Crippen LogP contribution in [0.4, 0.5) is 0 Å². The number of likely N-dealkylation sites (N-methyl/N-ethyl adjacent to an activating group) is 2. The number of methoxy groups -OCH3 is 1. The van der Waals surface area contributed by atoms with Crippen LogP contribution in [0.2, 0.25) is 5.02 Å². The van der Waals surface area contributed by atoms with Crippen molar-refractivity contribution in [1.82, 2.24) is 9.80 Å². The molecule has 1 heterocycles. The molecule has 1 fully saturated rings. The van der Waals surface area contributed by atoms with Gasteiger partial charge in [0.15, 0.2) is 0 Å². The van der Waals surface area contributed by atoms with E-state index in [0.717, 1.165) is 25.4 Å². The number of piperazine rings is 1. The standard InChI is InChI=1S/C14H21ClN2O/c1-14(10-16(2)7-8-17(14)3)11-5-6-13(18-4)12(15)9-11/h5-6,9H,7-8,10H2,1-4H3. The van der Waals surface area contributed by atoms with Gasteiger partial charge in [0, 0.05) is 19.6 Å². The van der Waals surface area contributed by atoms with E-state index in [1.807, 2.05) is 12.1 Å². The van der Waals surface area contributed by atoms with Crippen LogP contribution in [0.3, 0.4) is 0 Å². The molecule has 1 aromatic carbocycles. The van der Waals surface area contributed by atoms with Gasteiger partial charge >= 0.3 is 0 Å². The van der Waals surface area contributed by atoms with Crippen LogP contribution >= 0.6 is 11.6 Å². The number of ether oxygens (including phenoxy) is 1. The van der Waals surface area contributed by atoms with Gasteiger partial charge in [-0.15, -0.1) is 0 Å². The third kappa shape index (κ3) is 2.35. The predicted molar refractivity (Wildman–Crippen MR) is 75.5 cm³/mol. The molecule has 4 heteroatoms. The van der Waals surface area contributed by atoms with E-state index < -0.39 is 0 Å². The minimum Gasteiger partial charge on any atom is -0.495 e. The normalized spacial score (nSPS) is 26.3. The maximum Gasteiger partial charge on any atom is 0.137 e. The van der Waals surface area contributed by atoms with Crippen LogP contribution in [0.5, 0.6) is 5.75 Å². The van der Waals surface area contributed by atoms with Gasteiger partial charge in [-0.25, -0.2) is 0 Å². The SMILES string of the molecule is COc1ccc(C2(C)CN(C)CCN2C)cc1Cl. The van der Waals surface area contributed by atoms with Gasteiger partial charge in [0.1, 0.15) is 5.75 Å². The summed E-state index contributed by atoms with van der Waals surface area (Å²) < 4.78 is 5.21. The Bertz CT molecular complexity index is 438. The Labute approximate surface area is 114 Å². The highest BCUT2D eigenvalue weighted by atomic mass is 35.5. The molecule has 18 heavy (non-hydrogen) atoms. The van der Waals surface area contributed by atoms with E-state index in [9.17, 15) is 0 Å². The van der Waals surface area contributed by atoms with Crippen molar-refractivity contribution >= 4 is 11.6 Å². The Balaban J connectivity index is 2.36. The predicted octanol–water partition coefficient (Wildman–Crippen LogP) is 2.44. The summed E-state index contributed by atoms with van der Waals surface area (Å²) in [7, 11) is 5.98. The van der Waals surface area contributed by atoms with Crippen LogP contribution in [0.1, 0.15) is 12.5 Å². The first kappa shape index (κ1) is 13.7. The van der Waals surface area contributed by atoms with Gasteiger partial charge in [-0.2, -0.15) is 0 Å². The van der Waals surface area contributed by atoms with Gasteiger partial charge in [-0.05, 0) is 38.7 Å². The van der Waals surface area contributed by atoms with E-state index in [-0.39, 0.29) is 5.54 Å². The Morgan fingerprint density at radius 3 is 2.61 bits per heavy atom. The number of hydrogen-bond acceptors (Lipinski definition) is 3. The third-order valence-corrected chi connectivity index (χ3v) is 4.31. The van der Waals surface area contributed by atoms with Crippen LogP contribution in [-0.2, 0) is 5.54 Å². The van der Waals surface area contributed by atoms with Crippen molar-refractivity contribution in [3.8, 4) is 5.75 Å². The zero-order valence-corrected chi connectivity index (χ0v) is 12.3. The summed E-state index contributed by atoms with van der Waals surface area (Å²) in [4.78, 5) is 4.75. The van der Waals surface area contributed by atoms with Crippen molar-refractivity contribution in [1.29, 1.82) is 0 Å². The van der Waals surface area contributed by atoms with Crippen LogP contribution < -0.4 is 4.74 Å². The molecular weight excluding hydrogens is 248 g/mol. The largest absolute Gasteiger partial charge is 0.495 e. The number of nitrogens with zero attached hydrogens (tertiary/aromatic N) is 2. The lowest BCUT2D eigenvalue weighted by Gasteiger charge is -2.46. The van der Waals surface area contributed by atoms with E-state index in [1.54, 1.807) is 7.11 Å². The average Bonchev–Trinajstić information content (AvgIpc) is 2.34. The van der Waals surface area contributed by atoms with Crippen molar-refractivity contribution < 1.29 is 4.74 Å². The summed E-state index contributed by atoms with van der Waals surface area (Å²) in [5.74, 6) is 0.732. The second kappa shape index (κ2) is 5.08. The van der Waals surface area contributed by atoms with Crippen LogP contribution in [0, 0.1) is 0 Å². The molecule has 0 radical (unpaired) electrons. The molecule has 1 saturated heterocycles. The first-order valence-corrected chi connectivity index (χ1v) is 6.59. The fraction of sp³-hybridized carbons (Fsp3) is 0.571. The summed E-state index contributed by atoms with van der Waals surface area (Å²) in [5.41, 5.74) is 1.24. The van der Waals surface area contributed by atoms with E-state index in [1.165, 1.54) is 5.56 Å². The first-order valence-electron chi connectivity index (χ1n) is 6.21. The Hall–Kier alpha value is -0.770. The highest BCUT2D eigenvalue weighted by Crippen LogP contribution is 2.35. The Morgan fingerprint density at radius 1 is 1.28 bits per heavy atom. The molecule has 1 aliphatic rings. The fourth-order valence-corrected chi connectivity index (χ4v) is 2.86. The van der Waals surface area contributed by atoms with Gasteiger partial charge in [0.25, 0.3) is 0 Å². The molecule has 0 saturated carbocycles. The van der Waals surface area contributed by atoms with Gasteiger partial charge in [-0.1, -0.05) is 17.7 Å². The maximum absolute atomic E-state index is 6.24. The number of benzene rings is 1. The van der Waals surface area contributed by atoms with Gasteiger partial charge in [0.2, 0.25) is 0 Å². The summed E-state index contributed by atoms with van der Waals surface area (Å²) in [5, 5.41) is 0.679. The molecule has 1 aliphatic heterocycles. The summed E-state index contributed by atoms with van der Waals surface area (Å²) in [6.07, 6.45) is 0. The molecule has 0 aliphatic carbocycles.